The molecule has 3 atom stereocenters. The van der Waals surface area contributed by atoms with Gasteiger partial charge < -0.3 is 9.84 Å². The summed E-state index contributed by atoms with van der Waals surface area (Å²) in [5.74, 6) is -0.162. The van der Waals surface area contributed by atoms with Crippen LogP contribution in [0, 0.1) is 11.3 Å². The first-order valence-corrected chi connectivity index (χ1v) is 4.80. The number of aliphatic hydroxyl groups is 1. The van der Waals surface area contributed by atoms with Crippen molar-refractivity contribution in [2.24, 2.45) is 11.3 Å². The second-order valence-electron chi connectivity index (χ2n) is 4.90. The molecule has 3 heteroatoms. The molecule has 13 heavy (non-hydrogen) atoms. The van der Waals surface area contributed by atoms with E-state index in [2.05, 4.69) is 0 Å². The van der Waals surface area contributed by atoms with Crippen LogP contribution in [0.2, 0.25) is 0 Å². The minimum Gasteiger partial charge on any atom is -0.456 e. The third-order valence-electron chi connectivity index (χ3n) is 4.11. The summed E-state index contributed by atoms with van der Waals surface area (Å²) in [5.41, 5.74) is -0.908. The summed E-state index contributed by atoms with van der Waals surface area (Å²) >= 11 is 0. The molecule has 1 saturated heterocycles. The molecule has 2 aliphatic rings. The lowest BCUT2D eigenvalue weighted by Gasteiger charge is -2.44. The largest absolute Gasteiger partial charge is 0.456 e. The SMILES string of the molecule is CC1(C)[C@H]2CC[C@H](O)[C@@]1(C)OC2=O. The van der Waals surface area contributed by atoms with Gasteiger partial charge in [-0.3, -0.25) is 4.79 Å². The van der Waals surface area contributed by atoms with Crippen molar-refractivity contribution in [2.45, 2.75) is 45.3 Å². The van der Waals surface area contributed by atoms with E-state index in [9.17, 15) is 9.90 Å². The van der Waals surface area contributed by atoms with Gasteiger partial charge in [0.25, 0.3) is 0 Å². The topological polar surface area (TPSA) is 46.5 Å². The normalized spacial score (nSPS) is 47.5. The fourth-order valence-corrected chi connectivity index (χ4v) is 2.63. The molecule has 2 bridgehead atoms. The molecule has 1 aliphatic carbocycles. The van der Waals surface area contributed by atoms with Gasteiger partial charge >= 0.3 is 5.97 Å². The molecule has 2 fully saturated rings. The van der Waals surface area contributed by atoms with E-state index in [1.54, 1.807) is 0 Å². The number of esters is 1. The Morgan fingerprint density at radius 1 is 1.38 bits per heavy atom. The van der Waals surface area contributed by atoms with Crippen LogP contribution < -0.4 is 0 Å². The van der Waals surface area contributed by atoms with Crippen LogP contribution in [0.25, 0.3) is 0 Å². The summed E-state index contributed by atoms with van der Waals surface area (Å²) in [6.07, 6.45) is 0.920. The number of hydrogen-bond acceptors (Lipinski definition) is 3. The fraction of sp³-hybridized carbons (Fsp3) is 0.900. The first kappa shape index (κ1) is 9.00. The Morgan fingerprint density at radius 2 is 2.00 bits per heavy atom. The van der Waals surface area contributed by atoms with Crippen LogP contribution in [0.1, 0.15) is 33.6 Å². The molecule has 2 rings (SSSR count). The van der Waals surface area contributed by atoms with Gasteiger partial charge in [0.1, 0.15) is 5.60 Å². The van der Waals surface area contributed by atoms with Gasteiger partial charge in [-0.1, -0.05) is 13.8 Å². The van der Waals surface area contributed by atoms with Crippen molar-refractivity contribution in [3.8, 4) is 0 Å². The quantitative estimate of drug-likeness (QED) is 0.573. The molecule has 74 valence electrons. The maximum atomic E-state index is 11.5. The molecule has 0 amide bonds. The molecule has 0 aromatic rings. The molecule has 0 aromatic carbocycles. The van der Waals surface area contributed by atoms with E-state index in [1.165, 1.54) is 0 Å². The summed E-state index contributed by atoms with van der Waals surface area (Å²) in [4.78, 5) is 11.5. The van der Waals surface area contributed by atoms with Gasteiger partial charge in [0.05, 0.1) is 12.0 Å². The second-order valence-corrected chi connectivity index (χ2v) is 4.90. The highest BCUT2D eigenvalue weighted by molar-refractivity contribution is 5.77. The average molecular weight is 184 g/mol. The summed E-state index contributed by atoms with van der Waals surface area (Å²) in [5, 5.41) is 9.83. The third kappa shape index (κ3) is 0.857. The first-order valence-electron chi connectivity index (χ1n) is 4.80. The number of ether oxygens (including phenoxy) is 1. The van der Waals surface area contributed by atoms with E-state index in [0.717, 1.165) is 6.42 Å². The van der Waals surface area contributed by atoms with Crippen molar-refractivity contribution < 1.29 is 14.6 Å². The predicted octanol–water partition coefficient (Wildman–Crippen LogP) is 1.10. The summed E-state index contributed by atoms with van der Waals surface area (Å²) in [6.45, 7) is 5.85. The lowest BCUT2D eigenvalue weighted by molar-refractivity contribution is -0.163. The highest BCUT2D eigenvalue weighted by Gasteiger charge is 2.64. The molecule has 3 nitrogen and oxygen atoms in total. The smallest absolute Gasteiger partial charge is 0.310 e. The Kier molecular flexibility index (Phi) is 1.57. The lowest BCUT2D eigenvalue weighted by Crippen LogP contribution is -2.53. The molecule has 0 spiro atoms. The van der Waals surface area contributed by atoms with Crippen LogP contribution in [0.3, 0.4) is 0 Å². The maximum Gasteiger partial charge on any atom is 0.310 e. The van der Waals surface area contributed by atoms with E-state index in [4.69, 9.17) is 4.74 Å². The van der Waals surface area contributed by atoms with Crippen molar-refractivity contribution >= 4 is 5.97 Å². The standard InChI is InChI=1S/C10H16O3/c1-9(2)6-4-5-7(11)10(9,3)13-8(6)12/h6-7,11H,4-5H2,1-3H3/t6-,7-,10+/m0/s1. The Labute approximate surface area is 78.1 Å². The number of aliphatic hydroxyl groups excluding tert-OH is 1. The van der Waals surface area contributed by atoms with Crippen LogP contribution >= 0.6 is 0 Å². The van der Waals surface area contributed by atoms with Gasteiger partial charge in [-0.05, 0) is 19.8 Å². The van der Waals surface area contributed by atoms with Crippen LogP contribution in [0.5, 0.6) is 0 Å². The maximum absolute atomic E-state index is 11.5. The van der Waals surface area contributed by atoms with E-state index < -0.39 is 11.7 Å². The van der Waals surface area contributed by atoms with E-state index in [1.807, 2.05) is 20.8 Å². The Hall–Kier alpha value is -0.570. The van der Waals surface area contributed by atoms with Gasteiger partial charge in [-0.15, -0.1) is 0 Å². The average Bonchev–Trinajstić information content (AvgIpc) is 2.13. The van der Waals surface area contributed by atoms with Crippen LogP contribution in [-0.2, 0) is 9.53 Å². The minimum atomic E-state index is -0.674. The fourth-order valence-electron chi connectivity index (χ4n) is 2.63. The van der Waals surface area contributed by atoms with Gasteiger partial charge in [0, 0.05) is 5.41 Å². The van der Waals surface area contributed by atoms with Crippen molar-refractivity contribution in [3.05, 3.63) is 0 Å². The van der Waals surface area contributed by atoms with Crippen molar-refractivity contribution in [3.63, 3.8) is 0 Å². The number of rotatable bonds is 0. The molecule has 0 radical (unpaired) electrons. The second kappa shape index (κ2) is 2.27. The number of fused-ring (bicyclic) bond motifs is 2. The van der Waals surface area contributed by atoms with E-state index >= 15 is 0 Å². The minimum absolute atomic E-state index is 0.0269. The molecule has 1 aliphatic heterocycles. The number of carbonyl (C=O) groups excluding carboxylic acids is 1. The predicted molar refractivity (Wildman–Crippen MR) is 47.0 cm³/mol. The molecular formula is C10H16O3. The van der Waals surface area contributed by atoms with Gasteiger partial charge in [0.2, 0.25) is 0 Å². The van der Waals surface area contributed by atoms with Crippen molar-refractivity contribution in [2.75, 3.05) is 0 Å². The summed E-state index contributed by atoms with van der Waals surface area (Å²) in [7, 11) is 0. The van der Waals surface area contributed by atoms with Gasteiger partial charge in [-0.25, -0.2) is 0 Å². The zero-order valence-electron chi connectivity index (χ0n) is 8.33. The zero-order chi connectivity index (χ0) is 9.85. The Balaban J connectivity index is 2.46. The molecular weight excluding hydrogens is 168 g/mol. The lowest BCUT2D eigenvalue weighted by atomic mass is 9.61. The van der Waals surface area contributed by atoms with Crippen molar-refractivity contribution in [1.29, 1.82) is 0 Å². The van der Waals surface area contributed by atoms with E-state index in [0.29, 0.717) is 6.42 Å². The molecule has 0 aromatic heterocycles. The molecule has 1 heterocycles. The highest BCUT2D eigenvalue weighted by Crippen LogP contribution is 2.55. The molecule has 0 unspecified atom stereocenters. The van der Waals surface area contributed by atoms with Gasteiger partial charge in [0.15, 0.2) is 0 Å². The summed E-state index contributed by atoms with van der Waals surface area (Å²) < 4.78 is 5.31. The zero-order valence-corrected chi connectivity index (χ0v) is 8.33. The monoisotopic (exact) mass is 184 g/mol. The molecule has 1 N–H and O–H groups in total. The van der Waals surface area contributed by atoms with Crippen LogP contribution in [0.4, 0.5) is 0 Å². The van der Waals surface area contributed by atoms with Gasteiger partial charge in [-0.2, -0.15) is 0 Å². The Morgan fingerprint density at radius 3 is 2.54 bits per heavy atom. The van der Waals surface area contributed by atoms with E-state index in [-0.39, 0.29) is 17.3 Å². The highest BCUT2D eigenvalue weighted by atomic mass is 16.6. The Bertz CT molecular complexity index is 259. The summed E-state index contributed by atoms with van der Waals surface area (Å²) in [6, 6.07) is 0. The number of hydrogen-bond donors (Lipinski definition) is 1. The van der Waals surface area contributed by atoms with Crippen LogP contribution in [0.15, 0.2) is 0 Å². The van der Waals surface area contributed by atoms with Crippen LogP contribution in [-0.4, -0.2) is 22.8 Å². The molecule has 1 saturated carbocycles. The van der Waals surface area contributed by atoms with Crippen molar-refractivity contribution in [1.82, 2.24) is 0 Å². The first-order chi connectivity index (χ1) is 5.89. The number of carbonyl (C=O) groups is 1. The third-order valence-corrected chi connectivity index (χ3v) is 4.11.